The van der Waals surface area contributed by atoms with Gasteiger partial charge in [0.15, 0.2) is 0 Å². The molecule has 0 radical (unpaired) electrons. The van der Waals surface area contributed by atoms with Gasteiger partial charge < -0.3 is 29.3 Å². The lowest BCUT2D eigenvalue weighted by molar-refractivity contribution is -0.158. The summed E-state index contributed by atoms with van der Waals surface area (Å²) in [7, 11) is 0. The summed E-state index contributed by atoms with van der Waals surface area (Å²) in [6.07, 6.45) is 7.28. The molecule has 9 heteroatoms. The van der Waals surface area contributed by atoms with E-state index in [0.717, 1.165) is 99.9 Å². The quantitative estimate of drug-likeness (QED) is 0.404. The van der Waals surface area contributed by atoms with Crippen molar-refractivity contribution in [2.24, 2.45) is 0 Å². The Morgan fingerprint density at radius 2 is 1.80 bits per heavy atom. The van der Waals surface area contributed by atoms with Crippen LogP contribution in [0.15, 0.2) is 60.8 Å². The SMILES string of the molecule is O=C(OCc1ccccc1)N1CC(N2CCC(c3ccc4c(c3)Nc3nccc(N5CCC6(CCO6)CC5)c3CO4)CC2)C1. The van der Waals surface area contributed by atoms with Crippen LogP contribution in [0.25, 0.3) is 0 Å². The first-order chi connectivity index (χ1) is 21.6. The van der Waals surface area contributed by atoms with Gasteiger partial charge in [-0.15, -0.1) is 0 Å². The van der Waals surface area contributed by atoms with E-state index in [9.17, 15) is 4.79 Å². The Hall–Kier alpha value is -3.82. The lowest BCUT2D eigenvalue weighted by atomic mass is 9.84. The van der Waals surface area contributed by atoms with Crippen molar-refractivity contribution < 1.29 is 19.0 Å². The zero-order valence-corrected chi connectivity index (χ0v) is 25.2. The fourth-order valence-corrected chi connectivity index (χ4v) is 7.52. The minimum Gasteiger partial charge on any atom is -0.487 e. The molecule has 4 fully saturated rings. The third-order valence-electron chi connectivity index (χ3n) is 10.5. The van der Waals surface area contributed by atoms with E-state index in [1.54, 1.807) is 0 Å². The maximum atomic E-state index is 12.5. The molecule has 0 unspecified atom stereocenters. The maximum Gasteiger partial charge on any atom is 0.410 e. The number of anilines is 3. The number of amides is 1. The molecule has 5 aliphatic heterocycles. The number of benzene rings is 2. The summed E-state index contributed by atoms with van der Waals surface area (Å²) in [4.78, 5) is 24.1. The number of rotatable bonds is 5. The Morgan fingerprint density at radius 3 is 2.55 bits per heavy atom. The van der Waals surface area contributed by atoms with Crippen LogP contribution in [0.3, 0.4) is 0 Å². The monoisotopic (exact) mass is 595 g/mol. The van der Waals surface area contributed by atoms with Crippen molar-refractivity contribution in [1.82, 2.24) is 14.8 Å². The average Bonchev–Trinajstić information content (AvgIpc) is 3.22. The van der Waals surface area contributed by atoms with E-state index in [2.05, 4.69) is 39.4 Å². The highest BCUT2D eigenvalue weighted by atomic mass is 16.6. The van der Waals surface area contributed by atoms with Gasteiger partial charge in [0.2, 0.25) is 0 Å². The Balaban J connectivity index is 0.859. The number of likely N-dealkylation sites (tertiary alicyclic amines) is 2. The first-order valence-electron chi connectivity index (χ1n) is 16.2. The van der Waals surface area contributed by atoms with Gasteiger partial charge in [0.05, 0.1) is 23.5 Å². The summed E-state index contributed by atoms with van der Waals surface area (Å²) in [6, 6.07) is 19.0. The van der Waals surface area contributed by atoms with E-state index in [0.29, 0.717) is 25.2 Å². The molecule has 0 bridgehead atoms. The van der Waals surface area contributed by atoms with Crippen molar-refractivity contribution in [3.8, 4) is 5.75 Å². The van der Waals surface area contributed by atoms with E-state index in [-0.39, 0.29) is 11.7 Å². The molecule has 0 aliphatic carbocycles. The van der Waals surface area contributed by atoms with Crippen LogP contribution >= 0.6 is 0 Å². The van der Waals surface area contributed by atoms with Crippen LogP contribution in [0.4, 0.5) is 22.0 Å². The fourth-order valence-electron chi connectivity index (χ4n) is 7.52. The molecular formula is C35H41N5O4. The zero-order chi connectivity index (χ0) is 29.5. The van der Waals surface area contributed by atoms with E-state index >= 15 is 0 Å². The molecule has 1 spiro atoms. The van der Waals surface area contributed by atoms with Gasteiger partial charge in [-0.25, -0.2) is 9.78 Å². The largest absolute Gasteiger partial charge is 0.487 e. The van der Waals surface area contributed by atoms with Gasteiger partial charge in [-0.3, -0.25) is 4.90 Å². The maximum absolute atomic E-state index is 12.5. The number of carbonyl (C=O) groups is 1. The van der Waals surface area contributed by atoms with Crippen LogP contribution in [0.2, 0.25) is 0 Å². The van der Waals surface area contributed by atoms with E-state index in [1.165, 1.54) is 17.7 Å². The molecule has 1 amide bonds. The normalized spacial score (nSPS) is 21.6. The summed E-state index contributed by atoms with van der Waals surface area (Å²) in [5.74, 6) is 2.27. The van der Waals surface area contributed by atoms with Crippen molar-refractivity contribution in [3.63, 3.8) is 0 Å². The zero-order valence-electron chi connectivity index (χ0n) is 25.2. The highest BCUT2D eigenvalue weighted by molar-refractivity contribution is 5.73. The summed E-state index contributed by atoms with van der Waals surface area (Å²) >= 11 is 0. The van der Waals surface area contributed by atoms with Crippen LogP contribution in [0, 0.1) is 0 Å². The second-order valence-corrected chi connectivity index (χ2v) is 13.0. The number of aromatic nitrogens is 1. The van der Waals surface area contributed by atoms with Crippen molar-refractivity contribution in [2.75, 3.05) is 56.1 Å². The van der Waals surface area contributed by atoms with E-state index in [4.69, 9.17) is 19.2 Å². The van der Waals surface area contributed by atoms with Crippen molar-refractivity contribution in [3.05, 3.63) is 77.5 Å². The van der Waals surface area contributed by atoms with E-state index in [1.807, 2.05) is 41.4 Å². The standard InChI is InChI=1S/C35H41N5O4/c41-34(43-23-25-4-2-1-3-5-25)40-21-28(22-40)38-15-9-26(10-16-38)27-6-7-32-30(20-27)37-33-29(24-42-32)31(8-14-36-33)39-17-11-35(12-18-39)13-19-44-35/h1-8,14,20,26,28H,9-13,15-19,21-24H2,(H,36,37). The van der Waals surface area contributed by atoms with Crippen molar-refractivity contribution >= 4 is 23.3 Å². The van der Waals surface area contributed by atoms with Gasteiger partial charge in [0.1, 0.15) is 24.8 Å². The van der Waals surface area contributed by atoms with Crippen LogP contribution in [-0.2, 0) is 22.7 Å². The molecule has 5 aliphatic rings. The van der Waals surface area contributed by atoms with Crippen LogP contribution < -0.4 is 15.0 Å². The third-order valence-corrected chi connectivity index (χ3v) is 10.5. The topological polar surface area (TPSA) is 79.4 Å². The lowest BCUT2D eigenvalue weighted by Crippen LogP contribution is -2.62. The molecule has 4 saturated heterocycles. The first kappa shape index (κ1) is 27.7. The Kier molecular flexibility index (Phi) is 7.30. The average molecular weight is 596 g/mol. The van der Waals surface area contributed by atoms with Gasteiger partial charge in [-0.2, -0.15) is 0 Å². The number of nitrogens with zero attached hydrogens (tertiary/aromatic N) is 4. The van der Waals surface area contributed by atoms with Crippen molar-refractivity contribution in [1.29, 1.82) is 0 Å². The van der Waals surface area contributed by atoms with Crippen molar-refractivity contribution in [2.45, 2.75) is 62.9 Å². The number of piperidine rings is 2. The molecule has 6 heterocycles. The summed E-state index contributed by atoms with van der Waals surface area (Å²) in [5, 5.41) is 3.63. The summed E-state index contributed by atoms with van der Waals surface area (Å²) in [6.45, 7) is 7.33. The number of carbonyl (C=O) groups excluding carboxylic acids is 1. The van der Waals surface area contributed by atoms with Gasteiger partial charge in [-0.1, -0.05) is 36.4 Å². The minimum atomic E-state index is -0.213. The number of ether oxygens (including phenoxy) is 3. The second kappa shape index (κ2) is 11.6. The molecule has 3 aromatic rings. The third kappa shape index (κ3) is 5.37. The van der Waals surface area contributed by atoms with Gasteiger partial charge in [0.25, 0.3) is 0 Å². The highest BCUT2D eigenvalue weighted by Crippen LogP contribution is 2.42. The molecule has 1 N–H and O–H groups in total. The molecule has 9 nitrogen and oxygen atoms in total. The van der Waals surface area contributed by atoms with E-state index < -0.39 is 0 Å². The number of hydrogen-bond donors (Lipinski definition) is 1. The number of nitrogens with one attached hydrogen (secondary N) is 1. The fraction of sp³-hybridized carbons (Fsp3) is 0.486. The Morgan fingerprint density at radius 1 is 1.00 bits per heavy atom. The van der Waals surface area contributed by atoms with Crippen LogP contribution in [0.1, 0.15) is 54.7 Å². The summed E-state index contributed by atoms with van der Waals surface area (Å²) in [5.41, 5.74) is 5.84. The second-order valence-electron chi connectivity index (χ2n) is 13.0. The number of pyridine rings is 1. The first-order valence-corrected chi connectivity index (χ1v) is 16.2. The van der Waals surface area contributed by atoms with Crippen LogP contribution in [0.5, 0.6) is 5.75 Å². The van der Waals surface area contributed by atoms with Gasteiger partial charge in [-0.05, 0) is 80.4 Å². The lowest BCUT2D eigenvalue weighted by Gasteiger charge is -2.48. The molecular weight excluding hydrogens is 554 g/mol. The van der Waals surface area contributed by atoms with Crippen LogP contribution in [-0.4, -0.2) is 78.4 Å². The molecule has 8 rings (SSSR count). The molecule has 0 saturated carbocycles. The summed E-state index contributed by atoms with van der Waals surface area (Å²) < 4.78 is 17.8. The van der Waals surface area contributed by atoms with Gasteiger partial charge >= 0.3 is 6.09 Å². The molecule has 44 heavy (non-hydrogen) atoms. The number of hydrogen-bond acceptors (Lipinski definition) is 8. The van der Waals surface area contributed by atoms with Gasteiger partial charge in [0, 0.05) is 44.1 Å². The molecule has 2 aromatic carbocycles. The predicted molar refractivity (Wildman–Crippen MR) is 169 cm³/mol. The molecule has 1 aromatic heterocycles. The Labute approximate surface area is 259 Å². The Bertz CT molecular complexity index is 1490. The molecule has 0 atom stereocenters. The number of fused-ring (bicyclic) bond motifs is 2. The minimum absolute atomic E-state index is 0.132. The molecule has 230 valence electrons. The highest BCUT2D eigenvalue weighted by Gasteiger charge is 2.42. The predicted octanol–water partition coefficient (Wildman–Crippen LogP) is 5.68. The smallest absolute Gasteiger partial charge is 0.410 e.